The van der Waals surface area contributed by atoms with Crippen molar-refractivity contribution in [1.29, 1.82) is 0 Å². The molecule has 2 aromatic carbocycles. The minimum atomic E-state index is -3.72. The molecule has 0 saturated carbocycles. The Kier molecular flexibility index (Phi) is 7.84. The van der Waals surface area contributed by atoms with Crippen LogP contribution < -0.4 is 14.4 Å². The summed E-state index contributed by atoms with van der Waals surface area (Å²) < 4.78 is 31.0. The van der Waals surface area contributed by atoms with Crippen molar-refractivity contribution >= 4 is 27.4 Å². The number of carbonyl (C=O) groups is 2. The molecule has 1 amide bonds. The highest BCUT2D eigenvalue weighted by Crippen LogP contribution is 2.24. The molecule has 0 atom stereocenters. The molecule has 0 fully saturated rings. The third-order valence-electron chi connectivity index (χ3n) is 4.64. The summed E-state index contributed by atoms with van der Waals surface area (Å²) >= 11 is 0. The Morgan fingerprint density at radius 2 is 1.71 bits per heavy atom. The van der Waals surface area contributed by atoms with E-state index >= 15 is 0 Å². The Balaban J connectivity index is 1.92. The van der Waals surface area contributed by atoms with Gasteiger partial charge in [0.25, 0.3) is 0 Å². The molecule has 0 aliphatic rings. The molecule has 0 radical (unpaired) electrons. The molecule has 0 aromatic heterocycles. The highest BCUT2D eigenvalue weighted by Gasteiger charge is 2.21. The van der Waals surface area contributed by atoms with Gasteiger partial charge in [-0.3, -0.25) is 13.9 Å². The van der Waals surface area contributed by atoms with Crippen LogP contribution in [0.5, 0.6) is 5.75 Å². The molecule has 0 heterocycles. The molecule has 0 spiro atoms. The predicted octanol–water partition coefficient (Wildman–Crippen LogP) is 3.15. The molecule has 0 saturated heterocycles. The maximum Gasteiger partial charge on any atom is 0.240 e. The molecule has 8 heteroatoms. The second kappa shape index (κ2) is 9.96. The average Bonchev–Trinajstić information content (AvgIpc) is 2.68. The zero-order chi connectivity index (χ0) is 23.2. The van der Waals surface area contributed by atoms with Gasteiger partial charge in [-0.15, -0.1) is 0 Å². The first-order valence-corrected chi connectivity index (χ1v) is 11.8. The van der Waals surface area contributed by atoms with Crippen LogP contribution in [-0.4, -0.2) is 46.1 Å². The van der Waals surface area contributed by atoms with E-state index in [0.717, 1.165) is 10.6 Å². The lowest BCUT2D eigenvalue weighted by Crippen LogP contribution is -2.41. The molecule has 1 N–H and O–H groups in total. The number of ketones is 1. The number of Topliss-reactive ketones (excluding diaryl/α,β-unsaturated/α-hetero) is 1. The maximum absolute atomic E-state index is 12.3. The Bertz CT molecular complexity index is 1020. The number of hydrogen-bond donors (Lipinski definition) is 1. The average molecular weight is 447 g/mol. The summed E-state index contributed by atoms with van der Waals surface area (Å²) in [6.07, 6.45) is 1.02. The fourth-order valence-electron chi connectivity index (χ4n) is 2.88. The molecule has 0 aliphatic heterocycles. The van der Waals surface area contributed by atoms with E-state index in [-0.39, 0.29) is 36.6 Å². The summed E-state index contributed by atoms with van der Waals surface area (Å²) in [7, 11) is -3.72. The lowest BCUT2D eigenvalue weighted by molar-refractivity contribution is -0.119. The van der Waals surface area contributed by atoms with E-state index in [1.807, 2.05) is 24.3 Å². The van der Waals surface area contributed by atoms with Crippen LogP contribution in [0.1, 0.15) is 43.6 Å². The Hall–Kier alpha value is -2.87. The number of anilines is 1. The summed E-state index contributed by atoms with van der Waals surface area (Å²) in [4.78, 5) is 23.9. The molecule has 0 bridgehead atoms. The number of carbonyl (C=O) groups excluding carboxylic acids is 2. The highest BCUT2D eigenvalue weighted by atomic mass is 32.2. The lowest BCUT2D eigenvalue weighted by atomic mass is 9.87. The Labute approximate surface area is 184 Å². The number of sulfonamides is 1. The Morgan fingerprint density at radius 3 is 2.26 bits per heavy atom. The van der Waals surface area contributed by atoms with Crippen molar-refractivity contribution in [3.05, 3.63) is 59.7 Å². The second-order valence-corrected chi connectivity index (χ2v) is 10.3. The molecular weight excluding hydrogens is 416 g/mol. The number of rotatable bonds is 9. The molecule has 7 nitrogen and oxygen atoms in total. The van der Waals surface area contributed by atoms with Crippen molar-refractivity contribution in [2.75, 3.05) is 30.3 Å². The van der Waals surface area contributed by atoms with Gasteiger partial charge in [0.2, 0.25) is 15.9 Å². The summed E-state index contributed by atoms with van der Waals surface area (Å²) in [6, 6.07) is 14.0. The van der Waals surface area contributed by atoms with E-state index in [9.17, 15) is 18.0 Å². The summed E-state index contributed by atoms with van der Waals surface area (Å²) in [5.41, 5.74) is 1.89. The first kappa shape index (κ1) is 24.4. The van der Waals surface area contributed by atoms with Gasteiger partial charge in [0.1, 0.15) is 18.9 Å². The third-order valence-corrected chi connectivity index (χ3v) is 5.78. The van der Waals surface area contributed by atoms with Gasteiger partial charge in [-0.25, -0.2) is 8.42 Å². The van der Waals surface area contributed by atoms with E-state index in [1.54, 1.807) is 18.2 Å². The van der Waals surface area contributed by atoms with E-state index in [0.29, 0.717) is 11.3 Å². The van der Waals surface area contributed by atoms with Gasteiger partial charge in [-0.1, -0.05) is 45.0 Å². The van der Waals surface area contributed by atoms with Crippen molar-refractivity contribution < 1.29 is 22.7 Å². The summed E-state index contributed by atoms with van der Waals surface area (Å²) in [5, 5.41) is 2.66. The molecule has 0 aliphatic carbocycles. The fraction of sp³-hybridized carbons (Fsp3) is 0.391. The van der Waals surface area contributed by atoms with Crippen molar-refractivity contribution in [1.82, 2.24) is 5.32 Å². The van der Waals surface area contributed by atoms with Gasteiger partial charge in [0.15, 0.2) is 5.78 Å². The van der Waals surface area contributed by atoms with Crippen LogP contribution >= 0.6 is 0 Å². The van der Waals surface area contributed by atoms with Crippen LogP contribution in [0.4, 0.5) is 5.69 Å². The molecule has 2 rings (SSSR count). The zero-order valence-electron chi connectivity index (χ0n) is 18.6. The normalized spacial score (nSPS) is 11.6. The largest absolute Gasteiger partial charge is 0.492 e. The van der Waals surface area contributed by atoms with E-state index < -0.39 is 15.9 Å². The lowest BCUT2D eigenvalue weighted by Gasteiger charge is -2.22. The Morgan fingerprint density at radius 1 is 1.06 bits per heavy atom. The van der Waals surface area contributed by atoms with Crippen LogP contribution in [0.15, 0.2) is 48.5 Å². The predicted molar refractivity (Wildman–Crippen MR) is 122 cm³/mol. The van der Waals surface area contributed by atoms with Crippen LogP contribution in [-0.2, 0) is 20.2 Å². The minimum absolute atomic E-state index is 0.0575. The number of hydrogen-bond acceptors (Lipinski definition) is 5. The standard InChI is InChI=1S/C23H30N2O5S/c1-17(26)18-7-6-8-20(15-18)25(31(5,28)29)16-22(27)24-13-14-30-21-11-9-19(10-12-21)23(2,3)4/h6-12,15H,13-14,16H2,1-5H3,(H,24,27). The topological polar surface area (TPSA) is 92.8 Å². The van der Waals surface area contributed by atoms with Gasteiger partial charge in [0, 0.05) is 5.56 Å². The van der Waals surface area contributed by atoms with Crippen LogP contribution in [0.2, 0.25) is 0 Å². The zero-order valence-corrected chi connectivity index (χ0v) is 19.5. The monoisotopic (exact) mass is 446 g/mol. The number of nitrogens with zero attached hydrogens (tertiary/aromatic N) is 1. The van der Waals surface area contributed by atoms with Crippen LogP contribution in [0.3, 0.4) is 0 Å². The maximum atomic E-state index is 12.3. The molecule has 0 unspecified atom stereocenters. The summed E-state index contributed by atoms with van der Waals surface area (Å²) in [5.74, 6) is 0.0406. The first-order valence-electron chi connectivity index (χ1n) is 9.96. The fourth-order valence-corrected chi connectivity index (χ4v) is 3.73. The van der Waals surface area contributed by atoms with Crippen LogP contribution in [0, 0.1) is 0 Å². The van der Waals surface area contributed by atoms with Crippen molar-refractivity contribution in [3.63, 3.8) is 0 Å². The second-order valence-electron chi connectivity index (χ2n) is 8.35. The quantitative estimate of drug-likeness (QED) is 0.472. The van der Waals surface area contributed by atoms with Crippen molar-refractivity contribution in [3.8, 4) is 5.75 Å². The van der Waals surface area contributed by atoms with E-state index in [4.69, 9.17) is 4.74 Å². The first-order chi connectivity index (χ1) is 14.4. The molecular formula is C23H30N2O5S. The molecule has 2 aromatic rings. The van der Waals surface area contributed by atoms with Gasteiger partial charge in [-0.2, -0.15) is 0 Å². The SMILES string of the molecule is CC(=O)c1cccc(N(CC(=O)NCCOc2ccc(C(C)(C)C)cc2)S(C)(=O)=O)c1. The number of nitrogens with one attached hydrogen (secondary N) is 1. The van der Waals surface area contributed by atoms with Gasteiger partial charge >= 0.3 is 0 Å². The molecule has 168 valence electrons. The minimum Gasteiger partial charge on any atom is -0.492 e. The van der Waals surface area contributed by atoms with E-state index in [2.05, 4.69) is 26.1 Å². The van der Waals surface area contributed by atoms with E-state index in [1.165, 1.54) is 18.6 Å². The van der Waals surface area contributed by atoms with Gasteiger partial charge in [-0.05, 0) is 42.2 Å². The van der Waals surface area contributed by atoms with Gasteiger partial charge < -0.3 is 10.1 Å². The van der Waals surface area contributed by atoms with Gasteiger partial charge in [0.05, 0.1) is 18.5 Å². The van der Waals surface area contributed by atoms with Crippen molar-refractivity contribution in [2.24, 2.45) is 0 Å². The van der Waals surface area contributed by atoms with Crippen LogP contribution in [0.25, 0.3) is 0 Å². The number of ether oxygens (including phenoxy) is 1. The summed E-state index contributed by atoms with van der Waals surface area (Å²) in [6.45, 7) is 7.88. The number of amides is 1. The third kappa shape index (κ3) is 7.40. The highest BCUT2D eigenvalue weighted by molar-refractivity contribution is 7.92. The number of benzene rings is 2. The smallest absolute Gasteiger partial charge is 0.240 e. The molecule has 31 heavy (non-hydrogen) atoms. The van der Waals surface area contributed by atoms with Crippen molar-refractivity contribution in [2.45, 2.75) is 33.1 Å².